The van der Waals surface area contributed by atoms with Crippen molar-refractivity contribution < 1.29 is 22.7 Å². The van der Waals surface area contributed by atoms with Crippen molar-refractivity contribution >= 4 is 44.8 Å². The van der Waals surface area contributed by atoms with Gasteiger partial charge in [-0.15, -0.1) is 0 Å². The van der Waals surface area contributed by atoms with Gasteiger partial charge in [0, 0.05) is 29.8 Å². The van der Waals surface area contributed by atoms with E-state index in [1.807, 2.05) is 0 Å². The van der Waals surface area contributed by atoms with E-state index in [1.165, 1.54) is 25.3 Å². The molecule has 0 radical (unpaired) electrons. The molecule has 0 saturated carbocycles. The minimum absolute atomic E-state index is 0.0197. The van der Waals surface area contributed by atoms with Crippen LogP contribution in [0.1, 0.15) is 28.8 Å². The smallest absolute Gasteiger partial charge is 0.255 e. The fraction of sp³-hybridized carbons (Fsp3) is 0.350. The van der Waals surface area contributed by atoms with E-state index in [0.29, 0.717) is 23.1 Å². The molecule has 1 aliphatic heterocycles. The van der Waals surface area contributed by atoms with Crippen molar-refractivity contribution in [2.75, 3.05) is 25.6 Å². The van der Waals surface area contributed by atoms with Crippen molar-refractivity contribution in [3.05, 3.63) is 51.5 Å². The van der Waals surface area contributed by atoms with Crippen molar-refractivity contribution in [3.63, 3.8) is 0 Å². The molecule has 1 aliphatic rings. The third-order valence-electron chi connectivity index (χ3n) is 4.74. The molecule has 30 heavy (non-hydrogen) atoms. The summed E-state index contributed by atoms with van der Waals surface area (Å²) in [6.45, 7) is 2.57. The molecule has 2 aromatic rings. The Hall–Kier alpha value is -1.84. The van der Waals surface area contributed by atoms with Crippen LogP contribution in [0.15, 0.2) is 35.2 Å². The van der Waals surface area contributed by atoms with Crippen molar-refractivity contribution in [2.24, 2.45) is 0 Å². The number of benzene rings is 2. The Bertz CT molecular complexity index is 1050. The van der Waals surface area contributed by atoms with Crippen molar-refractivity contribution in [1.82, 2.24) is 4.72 Å². The van der Waals surface area contributed by atoms with E-state index >= 15 is 0 Å². The monoisotopic (exact) mass is 472 g/mol. The van der Waals surface area contributed by atoms with Gasteiger partial charge in [0.1, 0.15) is 10.6 Å². The van der Waals surface area contributed by atoms with Crippen LogP contribution in [-0.2, 0) is 14.8 Å². The summed E-state index contributed by atoms with van der Waals surface area (Å²) in [4.78, 5) is 12.6. The van der Waals surface area contributed by atoms with E-state index < -0.39 is 15.9 Å². The molecule has 1 atom stereocenters. The number of methoxy groups -OCH3 is 1. The second-order valence-electron chi connectivity index (χ2n) is 6.89. The molecule has 0 bridgehead atoms. The highest BCUT2D eigenvalue weighted by Gasteiger charge is 2.23. The van der Waals surface area contributed by atoms with Crippen LogP contribution >= 0.6 is 23.2 Å². The maximum Gasteiger partial charge on any atom is 0.255 e. The highest BCUT2D eigenvalue weighted by atomic mass is 35.5. The number of aryl methyl sites for hydroxylation is 1. The van der Waals surface area contributed by atoms with Crippen LogP contribution in [0.5, 0.6) is 5.75 Å². The third-order valence-corrected chi connectivity index (χ3v) is 7.05. The zero-order chi connectivity index (χ0) is 21.9. The molecule has 0 aromatic heterocycles. The van der Waals surface area contributed by atoms with Gasteiger partial charge in [-0.3, -0.25) is 4.79 Å². The Kier molecular flexibility index (Phi) is 7.26. The van der Waals surface area contributed by atoms with Crippen molar-refractivity contribution in [2.45, 2.75) is 30.8 Å². The van der Waals surface area contributed by atoms with Gasteiger partial charge < -0.3 is 14.8 Å². The molecule has 1 amide bonds. The highest BCUT2D eigenvalue weighted by Crippen LogP contribution is 2.31. The quantitative estimate of drug-likeness (QED) is 0.634. The number of sulfonamides is 1. The Balaban J connectivity index is 1.82. The standard InChI is InChI=1S/C20H22Cl2N2O5S/c1-12-8-17(18(28-2)10-16(12)22)24-20(25)13-5-6-15(21)19(9-13)30(26,27)23-11-14-4-3-7-29-14/h5-6,8-10,14,23H,3-4,7,11H2,1-2H3,(H,24,25)/t14-/m0/s1. The third kappa shape index (κ3) is 5.25. The van der Waals surface area contributed by atoms with Gasteiger partial charge in [-0.1, -0.05) is 23.2 Å². The van der Waals surface area contributed by atoms with Gasteiger partial charge in [0.15, 0.2) is 0 Å². The predicted molar refractivity (Wildman–Crippen MR) is 116 cm³/mol. The number of ether oxygens (including phenoxy) is 2. The molecule has 1 saturated heterocycles. The average Bonchev–Trinajstić information content (AvgIpc) is 3.23. The number of rotatable bonds is 7. The van der Waals surface area contributed by atoms with E-state index in [2.05, 4.69) is 10.0 Å². The van der Waals surface area contributed by atoms with Gasteiger partial charge in [0.05, 0.1) is 23.9 Å². The van der Waals surface area contributed by atoms with E-state index in [-0.39, 0.29) is 28.1 Å². The molecule has 1 heterocycles. The van der Waals surface area contributed by atoms with Crippen molar-refractivity contribution in [1.29, 1.82) is 0 Å². The average molecular weight is 473 g/mol. The first-order valence-electron chi connectivity index (χ1n) is 9.27. The van der Waals surface area contributed by atoms with Gasteiger partial charge in [-0.25, -0.2) is 13.1 Å². The second kappa shape index (κ2) is 9.53. The summed E-state index contributed by atoms with van der Waals surface area (Å²) in [5.41, 5.74) is 1.30. The predicted octanol–water partition coefficient (Wildman–Crippen LogP) is 4.02. The van der Waals surface area contributed by atoms with E-state index in [1.54, 1.807) is 19.1 Å². The van der Waals surface area contributed by atoms with Gasteiger partial charge in [0.25, 0.3) is 5.91 Å². The topological polar surface area (TPSA) is 93.7 Å². The molecule has 2 aromatic carbocycles. The Morgan fingerprint density at radius 2 is 2.00 bits per heavy atom. The maximum absolute atomic E-state index is 12.8. The fourth-order valence-electron chi connectivity index (χ4n) is 3.06. The molecule has 2 N–H and O–H groups in total. The summed E-state index contributed by atoms with van der Waals surface area (Å²) in [5.74, 6) is -0.124. The number of nitrogens with one attached hydrogen (secondary N) is 2. The molecule has 1 fully saturated rings. The van der Waals surface area contributed by atoms with Gasteiger partial charge in [-0.05, 0) is 49.6 Å². The molecule has 10 heteroatoms. The van der Waals surface area contributed by atoms with Crippen LogP contribution in [0, 0.1) is 6.92 Å². The first kappa shape index (κ1) is 22.8. The molecule has 0 aliphatic carbocycles. The maximum atomic E-state index is 12.8. The molecule has 7 nitrogen and oxygen atoms in total. The van der Waals surface area contributed by atoms with Crippen LogP contribution in [0.3, 0.4) is 0 Å². The first-order chi connectivity index (χ1) is 14.2. The largest absolute Gasteiger partial charge is 0.495 e. The summed E-state index contributed by atoms with van der Waals surface area (Å²) in [7, 11) is -2.45. The number of halogens is 2. The molecule has 0 unspecified atom stereocenters. The van der Waals surface area contributed by atoms with E-state index in [0.717, 1.165) is 18.4 Å². The van der Waals surface area contributed by atoms with Gasteiger partial charge in [0.2, 0.25) is 10.0 Å². The fourth-order valence-corrected chi connectivity index (χ4v) is 4.80. The zero-order valence-corrected chi connectivity index (χ0v) is 18.8. The minimum Gasteiger partial charge on any atom is -0.495 e. The molecule has 3 rings (SSSR count). The summed E-state index contributed by atoms with van der Waals surface area (Å²) in [6.07, 6.45) is 1.53. The van der Waals surface area contributed by atoms with Crippen LogP contribution in [0.25, 0.3) is 0 Å². The Labute approximate surface area is 185 Å². The zero-order valence-electron chi connectivity index (χ0n) is 16.5. The number of hydrogen-bond donors (Lipinski definition) is 2. The van der Waals surface area contributed by atoms with Crippen molar-refractivity contribution in [3.8, 4) is 5.75 Å². The van der Waals surface area contributed by atoms with Crippen LogP contribution < -0.4 is 14.8 Å². The normalized spacial score (nSPS) is 16.5. The summed E-state index contributed by atoms with van der Waals surface area (Å²) in [5, 5.41) is 3.24. The number of carbonyl (C=O) groups excluding carboxylic acids is 1. The first-order valence-corrected chi connectivity index (χ1v) is 11.5. The lowest BCUT2D eigenvalue weighted by Crippen LogP contribution is -2.32. The number of amides is 1. The number of anilines is 1. The number of hydrogen-bond acceptors (Lipinski definition) is 5. The Morgan fingerprint density at radius 3 is 2.67 bits per heavy atom. The molecular formula is C20H22Cl2N2O5S. The van der Waals surface area contributed by atoms with E-state index in [9.17, 15) is 13.2 Å². The van der Waals surface area contributed by atoms with Crippen LogP contribution in [-0.4, -0.2) is 40.7 Å². The SMILES string of the molecule is COc1cc(Cl)c(C)cc1NC(=O)c1ccc(Cl)c(S(=O)(=O)NC[C@@H]2CCCO2)c1. The minimum atomic E-state index is -3.92. The van der Waals surface area contributed by atoms with Crippen LogP contribution in [0.2, 0.25) is 10.0 Å². The van der Waals surface area contributed by atoms with Gasteiger partial charge in [-0.2, -0.15) is 0 Å². The molecule has 162 valence electrons. The molecular weight excluding hydrogens is 451 g/mol. The highest BCUT2D eigenvalue weighted by molar-refractivity contribution is 7.89. The number of carbonyl (C=O) groups is 1. The Morgan fingerprint density at radius 1 is 1.23 bits per heavy atom. The lowest BCUT2D eigenvalue weighted by atomic mass is 10.1. The van der Waals surface area contributed by atoms with Crippen LogP contribution in [0.4, 0.5) is 5.69 Å². The summed E-state index contributed by atoms with van der Waals surface area (Å²) < 4.78 is 38.6. The molecule has 0 spiro atoms. The second-order valence-corrected chi connectivity index (χ2v) is 9.44. The summed E-state index contributed by atoms with van der Waals surface area (Å²) in [6, 6.07) is 7.34. The lowest BCUT2D eigenvalue weighted by Gasteiger charge is -2.14. The lowest BCUT2D eigenvalue weighted by molar-refractivity contribution is 0.102. The summed E-state index contributed by atoms with van der Waals surface area (Å²) >= 11 is 12.2. The van der Waals surface area contributed by atoms with Gasteiger partial charge >= 0.3 is 0 Å². The van der Waals surface area contributed by atoms with E-state index in [4.69, 9.17) is 32.7 Å².